The molecule has 2 aromatic heterocycles. The summed E-state index contributed by atoms with van der Waals surface area (Å²) in [5.74, 6) is -0.0554. The van der Waals surface area contributed by atoms with Crippen LogP contribution in [0.4, 0.5) is 25.2 Å². The number of nitrogens with one attached hydrogen (secondary N) is 2. The van der Waals surface area contributed by atoms with Gasteiger partial charge in [0.2, 0.25) is 0 Å². The molecule has 0 radical (unpaired) electrons. The van der Waals surface area contributed by atoms with Crippen LogP contribution in [0, 0.1) is 17.6 Å². The molecule has 12 nitrogen and oxygen atoms in total. The SMILES string of the molecule is O=C1COc2ncc(N3CC4(CCN(CC5Cc6c(c(F)c7[nH]c(CCCO)nc7c6F)C5)CC4)OC3=O)nc2N1. The van der Waals surface area contributed by atoms with Crippen molar-refractivity contribution in [3.63, 3.8) is 0 Å². The number of aliphatic hydroxyl groups is 1. The Morgan fingerprint density at radius 1 is 1.12 bits per heavy atom. The third kappa shape index (κ3) is 4.54. The lowest BCUT2D eigenvalue weighted by molar-refractivity contribution is -0.118. The van der Waals surface area contributed by atoms with Crippen molar-refractivity contribution in [1.29, 1.82) is 0 Å². The number of anilines is 2. The number of likely N-dealkylation sites (tertiary alicyclic amines) is 1. The predicted octanol–water partition coefficient (Wildman–Crippen LogP) is 2.09. The average molecular weight is 570 g/mol. The molecular weight excluding hydrogens is 540 g/mol. The molecule has 1 aromatic carbocycles. The second kappa shape index (κ2) is 9.87. The van der Waals surface area contributed by atoms with Crippen molar-refractivity contribution in [3.05, 3.63) is 34.8 Å². The number of benzene rings is 1. The maximum atomic E-state index is 15.4. The number of halogens is 2. The molecule has 5 heterocycles. The molecule has 2 amide bonds. The van der Waals surface area contributed by atoms with Crippen LogP contribution in [0.25, 0.3) is 11.0 Å². The first-order valence-corrected chi connectivity index (χ1v) is 13.8. The number of carbonyl (C=O) groups is 2. The minimum absolute atomic E-state index is 0.0153. The molecule has 41 heavy (non-hydrogen) atoms. The average Bonchev–Trinajstić information content (AvgIpc) is 3.67. The van der Waals surface area contributed by atoms with Gasteiger partial charge in [-0.3, -0.25) is 9.69 Å². The lowest BCUT2D eigenvalue weighted by Crippen LogP contribution is -2.48. The van der Waals surface area contributed by atoms with Gasteiger partial charge in [-0.05, 0) is 36.3 Å². The highest BCUT2D eigenvalue weighted by atomic mass is 19.1. The Labute approximate surface area is 233 Å². The summed E-state index contributed by atoms with van der Waals surface area (Å²) < 4.78 is 41.8. The van der Waals surface area contributed by atoms with Crippen molar-refractivity contribution in [2.24, 2.45) is 5.92 Å². The zero-order valence-electron chi connectivity index (χ0n) is 22.2. The number of nitrogens with zero attached hydrogens (tertiary/aromatic N) is 5. The second-order valence-corrected chi connectivity index (χ2v) is 11.3. The van der Waals surface area contributed by atoms with Crippen LogP contribution in [0.1, 0.15) is 36.2 Å². The Hall–Kier alpha value is -3.91. The van der Waals surface area contributed by atoms with E-state index in [4.69, 9.17) is 14.6 Å². The number of aromatic nitrogens is 4. The van der Waals surface area contributed by atoms with Gasteiger partial charge < -0.3 is 29.8 Å². The summed E-state index contributed by atoms with van der Waals surface area (Å²) >= 11 is 0. The maximum Gasteiger partial charge on any atom is 0.416 e. The number of piperidine rings is 1. The number of rotatable bonds is 6. The zero-order valence-corrected chi connectivity index (χ0v) is 22.2. The van der Waals surface area contributed by atoms with Crippen LogP contribution < -0.4 is 15.0 Å². The van der Waals surface area contributed by atoms with Gasteiger partial charge in [-0.2, -0.15) is 0 Å². The molecular formula is C27H29F2N7O5. The smallest absolute Gasteiger partial charge is 0.416 e. The summed E-state index contributed by atoms with van der Waals surface area (Å²) in [4.78, 5) is 43.8. The fourth-order valence-electron chi connectivity index (χ4n) is 6.42. The predicted molar refractivity (Wildman–Crippen MR) is 141 cm³/mol. The number of amides is 2. The topological polar surface area (TPSA) is 146 Å². The van der Waals surface area contributed by atoms with E-state index in [0.717, 1.165) is 0 Å². The van der Waals surface area contributed by atoms with Crippen molar-refractivity contribution in [2.45, 2.75) is 44.1 Å². The molecule has 1 spiro atoms. The molecule has 3 aromatic rings. The first-order chi connectivity index (χ1) is 19.8. The monoisotopic (exact) mass is 569 g/mol. The van der Waals surface area contributed by atoms with E-state index in [1.54, 1.807) is 0 Å². The molecule has 0 bridgehead atoms. The van der Waals surface area contributed by atoms with E-state index in [9.17, 15) is 9.59 Å². The van der Waals surface area contributed by atoms with Crippen LogP contribution in [0.5, 0.6) is 5.88 Å². The van der Waals surface area contributed by atoms with E-state index in [-0.39, 0.29) is 53.6 Å². The molecule has 216 valence electrons. The van der Waals surface area contributed by atoms with Crippen molar-refractivity contribution in [2.75, 3.05) is 49.6 Å². The quantitative estimate of drug-likeness (QED) is 0.406. The van der Waals surface area contributed by atoms with Crippen LogP contribution in [0.15, 0.2) is 6.20 Å². The molecule has 1 aliphatic carbocycles. The fourth-order valence-corrected chi connectivity index (χ4v) is 6.42. The molecule has 14 heteroatoms. The standard InChI is InChI=1S/C27H29F2N7O5/c28-20-15-8-14(9-16(15)21(29)23-22(20)31-17(32-23)2-1-7-37)11-35-5-3-27(4-6-35)13-36(26(39)41-27)18-10-30-25-24(33-18)34-19(38)12-40-25/h10,14,37H,1-9,11-13H2,(H,31,32)(H,33,34,38). The van der Waals surface area contributed by atoms with Gasteiger partial charge in [0.05, 0.1) is 12.7 Å². The Morgan fingerprint density at radius 3 is 2.68 bits per heavy atom. The minimum Gasteiger partial charge on any atom is -0.465 e. The fraction of sp³-hybridized carbons (Fsp3) is 0.519. The molecule has 0 saturated carbocycles. The van der Waals surface area contributed by atoms with E-state index < -0.39 is 23.3 Å². The van der Waals surface area contributed by atoms with Gasteiger partial charge in [-0.25, -0.2) is 28.5 Å². The van der Waals surface area contributed by atoms with Crippen LogP contribution in [0.3, 0.4) is 0 Å². The maximum absolute atomic E-state index is 15.4. The van der Waals surface area contributed by atoms with Crippen molar-refractivity contribution in [1.82, 2.24) is 24.8 Å². The number of ether oxygens (including phenoxy) is 2. The van der Waals surface area contributed by atoms with Crippen molar-refractivity contribution in [3.8, 4) is 5.88 Å². The van der Waals surface area contributed by atoms with Gasteiger partial charge >= 0.3 is 6.09 Å². The number of aliphatic hydroxyl groups excluding tert-OH is 1. The van der Waals surface area contributed by atoms with Gasteiger partial charge in [-0.15, -0.1) is 0 Å². The van der Waals surface area contributed by atoms with Crippen LogP contribution >= 0.6 is 0 Å². The Balaban J connectivity index is 0.988. The highest BCUT2D eigenvalue weighted by molar-refractivity contribution is 5.94. The third-order valence-corrected chi connectivity index (χ3v) is 8.49. The van der Waals surface area contributed by atoms with Gasteiger partial charge in [0.15, 0.2) is 29.9 Å². The van der Waals surface area contributed by atoms with Crippen LogP contribution in [-0.2, 0) is 28.8 Å². The third-order valence-electron chi connectivity index (χ3n) is 8.49. The lowest BCUT2D eigenvalue weighted by atomic mass is 9.90. The van der Waals surface area contributed by atoms with Gasteiger partial charge in [0, 0.05) is 45.5 Å². The normalized spacial score (nSPS) is 20.3. The molecule has 1 unspecified atom stereocenters. The number of H-pyrrole nitrogens is 1. The summed E-state index contributed by atoms with van der Waals surface area (Å²) in [5.41, 5.74) is 0.280. The highest BCUT2D eigenvalue weighted by Crippen LogP contribution is 2.39. The molecule has 3 aliphatic heterocycles. The second-order valence-electron chi connectivity index (χ2n) is 11.3. The number of hydrogen-bond donors (Lipinski definition) is 3. The summed E-state index contributed by atoms with van der Waals surface area (Å²) in [7, 11) is 0. The zero-order chi connectivity index (χ0) is 28.3. The van der Waals surface area contributed by atoms with Crippen molar-refractivity contribution >= 4 is 34.7 Å². The number of fused-ring (bicyclic) bond motifs is 3. The Bertz CT molecular complexity index is 1510. The largest absolute Gasteiger partial charge is 0.465 e. The summed E-state index contributed by atoms with van der Waals surface area (Å²) in [6.45, 7) is 2.19. The van der Waals surface area contributed by atoms with Crippen LogP contribution in [-0.4, -0.2) is 86.9 Å². The van der Waals surface area contributed by atoms with Gasteiger partial charge in [0.1, 0.15) is 22.5 Å². The summed E-state index contributed by atoms with van der Waals surface area (Å²) in [6.07, 6.45) is 3.91. The number of imidazole rings is 1. The molecule has 3 N–H and O–H groups in total. The first-order valence-electron chi connectivity index (χ1n) is 13.8. The summed E-state index contributed by atoms with van der Waals surface area (Å²) in [6, 6.07) is 0. The van der Waals surface area contributed by atoms with Crippen LogP contribution in [0.2, 0.25) is 0 Å². The van der Waals surface area contributed by atoms with Gasteiger partial charge in [0.25, 0.3) is 11.8 Å². The van der Waals surface area contributed by atoms with E-state index in [2.05, 4.69) is 30.2 Å². The number of carbonyl (C=O) groups excluding carboxylic acids is 2. The minimum atomic E-state index is -0.667. The first kappa shape index (κ1) is 26.0. The molecule has 4 aliphatic rings. The molecule has 1 atom stereocenters. The summed E-state index contributed by atoms with van der Waals surface area (Å²) in [5, 5.41) is 11.6. The van der Waals surface area contributed by atoms with Crippen molar-refractivity contribution < 1.29 is 33.0 Å². The van der Waals surface area contributed by atoms with E-state index in [0.29, 0.717) is 81.7 Å². The number of aromatic amines is 1. The van der Waals surface area contributed by atoms with E-state index in [1.807, 2.05) is 0 Å². The number of aryl methyl sites for hydroxylation is 1. The highest BCUT2D eigenvalue weighted by Gasteiger charge is 2.48. The number of hydrogen-bond acceptors (Lipinski definition) is 9. The van der Waals surface area contributed by atoms with Gasteiger partial charge in [-0.1, -0.05) is 0 Å². The van der Waals surface area contributed by atoms with E-state index in [1.165, 1.54) is 11.1 Å². The molecule has 2 saturated heterocycles. The van der Waals surface area contributed by atoms with E-state index >= 15 is 8.78 Å². The Morgan fingerprint density at radius 2 is 1.90 bits per heavy atom. The molecule has 7 rings (SSSR count). The molecule has 2 fully saturated rings. The lowest BCUT2D eigenvalue weighted by Gasteiger charge is -2.38. The Kier molecular flexibility index (Phi) is 6.27.